The number of halogens is 1. The minimum Gasteiger partial charge on any atom is -0.458 e. The zero-order valence-electron chi connectivity index (χ0n) is 10.3. The van der Waals surface area contributed by atoms with Gasteiger partial charge in [-0.05, 0) is 19.1 Å². The molecule has 0 aliphatic carbocycles. The van der Waals surface area contributed by atoms with E-state index in [1.165, 1.54) is 4.57 Å². The molecule has 0 radical (unpaired) electrons. The second-order valence-electron chi connectivity index (χ2n) is 4.01. The summed E-state index contributed by atoms with van der Waals surface area (Å²) in [5.74, 6) is -1.18. The summed E-state index contributed by atoms with van der Waals surface area (Å²) >= 11 is 5.52. The van der Waals surface area contributed by atoms with Gasteiger partial charge in [0.15, 0.2) is 5.58 Å². The van der Waals surface area contributed by atoms with Crippen LogP contribution in [-0.2, 0) is 9.53 Å². The van der Waals surface area contributed by atoms with Gasteiger partial charge < -0.3 is 9.15 Å². The molecule has 0 fully saturated rings. The molecule has 1 atom stereocenters. The van der Waals surface area contributed by atoms with E-state index in [1.807, 2.05) is 0 Å². The van der Waals surface area contributed by atoms with Crippen LogP contribution in [0.4, 0.5) is 0 Å². The molecule has 5 nitrogen and oxygen atoms in total. The van der Waals surface area contributed by atoms with Gasteiger partial charge in [0.05, 0.1) is 5.52 Å². The van der Waals surface area contributed by atoms with E-state index >= 15 is 0 Å². The number of carbonyl (C=O) groups is 1. The van der Waals surface area contributed by atoms with Crippen molar-refractivity contribution in [3.05, 3.63) is 46.4 Å². The predicted octanol–water partition coefficient (Wildman–Crippen LogP) is 2.45. The van der Waals surface area contributed by atoms with Gasteiger partial charge in [0, 0.05) is 5.03 Å². The molecular formula is C13H12ClNO4. The fourth-order valence-electron chi connectivity index (χ4n) is 1.73. The monoisotopic (exact) mass is 281 g/mol. The first kappa shape index (κ1) is 13.4. The van der Waals surface area contributed by atoms with E-state index in [9.17, 15) is 9.59 Å². The van der Waals surface area contributed by atoms with E-state index in [-0.39, 0.29) is 11.6 Å². The highest BCUT2D eigenvalue weighted by Gasteiger charge is 2.22. The van der Waals surface area contributed by atoms with Crippen LogP contribution in [0, 0.1) is 0 Å². The largest absolute Gasteiger partial charge is 0.458 e. The number of esters is 1. The molecule has 1 heterocycles. The number of carbonyl (C=O) groups excluding carboxylic acids is 1. The molecule has 0 amide bonds. The maximum Gasteiger partial charge on any atom is 0.420 e. The number of benzene rings is 1. The molecule has 0 N–H and O–H groups in total. The Hall–Kier alpha value is -2.01. The quantitative estimate of drug-likeness (QED) is 0.808. The maximum absolute atomic E-state index is 11.8. The highest BCUT2D eigenvalue weighted by molar-refractivity contribution is 6.29. The van der Waals surface area contributed by atoms with Crippen LogP contribution in [0.3, 0.4) is 0 Å². The molecule has 0 saturated heterocycles. The summed E-state index contributed by atoms with van der Waals surface area (Å²) in [6, 6.07) is 6.06. The first-order valence-electron chi connectivity index (χ1n) is 5.60. The maximum atomic E-state index is 11.8. The summed E-state index contributed by atoms with van der Waals surface area (Å²) in [5.41, 5.74) is 0.968. The summed E-state index contributed by atoms with van der Waals surface area (Å²) < 4.78 is 11.2. The highest BCUT2D eigenvalue weighted by atomic mass is 35.5. The Bertz CT molecular complexity index is 685. The molecule has 1 aromatic carbocycles. The molecular weight excluding hydrogens is 270 g/mol. The first-order valence-corrected chi connectivity index (χ1v) is 5.98. The molecule has 0 bridgehead atoms. The zero-order valence-corrected chi connectivity index (χ0v) is 11.0. The lowest BCUT2D eigenvalue weighted by Crippen LogP contribution is -2.26. The Morgan fingerprint density at radius 1 is 1.53 bits per heavy atom. The topological polar surface area (TPSA) is 61.4 Å². The van der Waals surface area contributed by atoms with Crippen molar-refractivity contribution in [2.75, 3.05) is 6.61 Å². The minimum atomic E-state index is -0.799. The van der Waals surface area contributed by atoms with Crippen molar-refractivity contribution in [2.45, 2.75) is 13.0 Å². The van der Waals surface area contributed by atoms with Crippen LogP contribution < -0.4 is 5.76 Å². The average molecular weight is 282 g/mol. The number of nitrogens with zero attached hydrogens (tertiary/aromatic N) is 1. The van der Waals surface area contributed by atoms with Crippen molar-refractivity contribution in [3.8, 4) is 0 Å². The van der Waals surface area contributed by atoms with Gasteiger partial charge in [-0.3, -0.25) is 4.57 Å². The number of para-hydroxylation sites is 2. The fourth-order valence-corrected chi connectivity index (χ4v) is 1.78. The third-order valence-electron chi connectivity index (χ3n) is 2.62. The van der Waals surface area contributed by atoms with Gasteiger partial charge in [-0.1, -0.05) is 30.3 Å². The van der Waals surface area contributed by atoms with Crippen molar-refractivity contribution in [3.63, 3.8) is 0 Å². The summed E-state index contributed by atoms with van der Waals surface area (Å²) in [7, 11) is 0. The smallest absolute Gasteiger partial charge is 0.420 e. The number of oxazole rings is 1. The third kappa shape index (κ3) is 2.71. The van der Waals surface area contributed by atoms with Crippen LogP contribution in [0.2, 0.25) is 0 Å². The van der Waals surface area contributed by atoms with Crippen LogP contribution in [0.1, 0.15) is 13.0 Å². The fraction of sp³-hybridized carbons (Fsp3) is 0.231. The van der Waals surface area contributed by atoms with Crippen molar-refractivity contribution >= 4 is 28.7 Å². The van der Waals surface area contributed by atoms with Gasteiger partial charge in [-0.2, -0.15) is 0 Å². The van der Waals surface area contributed by atoms with Gasteiger partial charge in [-0.25, -0.2) is 9.59 Å². The lowest BCUT2D eigenvalue weighted by atomic mass is 10.3. The predicted molar refractivity (Wildman–Crippen MR) is 71.1 cm³/mol. The normalized spacial score (nSPS) is 12.3. The van der Waals surface area contributed by atoms with Crippen molar-refractivity contribution < 1.29 is 13.9 Å². The number of aromatic nitrogens is 1. The second-order valence-corrected chi connectivity index (χ2v) is 4.54. The molecule has 1 unspecified atom stereocenters. The zero-order chi connectivity index (χ0) is 14.0. The van der Waals surface area contributed by atoms with Crippen molar-refractivity contribution in [1.29, 1.82) is 0 Å². The second kappa shape index (κ2) is 5.32. The molecule has 0 saturated carbocycles. The van der Waals surface area contributed by atoms with E-state index in [0.717, 1.165) is 0 Å². The first-order chi connectivity index (χ1) is 9.00. The van der Waals surface area contributed by atoms with E-state index in [1.54, 1.807) is 31.2 Å². The lowest BCUT2D eigenvalue weighted by Gasteiger charge is -2.11. The Balaban J connectivity index is 2.33. The van der Waals surface area contributed by atoms with E-state index in [0.29, 0.717) is 11.1 Å². The number of ether oxygens (including phenoxy) is 1. The highest BCUT2D eigenvalue weighted by Crippen LogP contribution is 2.17. The van der Waals surface area contributed by atoms with Crippen LogP contribution in [0.5, 0.6) is 0 Å². The SMILES string of the molecule is C=C(Cl)COC(=O)C(C)n1c(=O)oc2ccccc21. The molecule has 2 aromatic rings. The van der Waals surface area contributed by atoms with Crippen molar-refractivity contribution in [2.24, 2.45) is 0 Å². The van der Waals surface area contributed by atoms with Crippen molar-refractivity contribution in [1.82, 2.24) is 4.57 Å². The number of hydrogen-bond donors (Lipinski definition) is 0. The molecule has 1 aromatic heterocycles. The molecule has 0 aliphatic rings. The Labute approximate surface area is 114 Å². The molecule has 2 rings (SSSR count). The van der Waals surface area contributed by atoms with E-state index < -0.39 is 17.8 Å². The van der Waals surface area contributed by atoms with Gasteiger partial charge in [0.2, 0.25) is 0 Å². The van der Waals surface area contributed by atoms with Gasteiger partial charge in [0.1, 0.15) is 12.6 Å². The molecule has 0 aliphatic heterocycles. The van der Waals surface area contributed by atoms with Crippen LogP contribution in [0.25, 0.3) is 11.1 Å². The lowest BCUT2D eigenvalue weighted by molar-refractivity contribution is -0.146. The average Bonchev–Trinajstić information content (AvgIpc) is 2.70. The van der Waals surface area contributed by atoms with E-state index in [2.05, 4.69) is 6.58 Å². The number of fused-ring (bicyclic) bond motifs is 1. The summed E-state index contributed by atoms with van der Waals surface area (Å²) in [5, 5.41) is 0.213. The van der Waals surface area contributed by atoms with E-state index in [4.69, 9.17) is 20.8 Å². The van der Waals surface area contributed by atoms with Gasteiger partial charge in [-0.15, -0.1) is 0 Å². The standard InChI is InChI=1S/C13H12ClNO4/c1-8(14)7-18-12(16)9(2)15-10-5-3-4-6-11(10)19-13(15)17/h3-6,9H,1,7H2,2H3. The third-order valence-corrected chi connectivity index (χ3v) is 2.73. The molecule has 19 heavy (non-hydrogen) atoms. The number of rotatable bonds is 4. The summed E-state index contributed by atoms with van der Waals surface area (Å²) in [6.07, 6.45) is 0. The van der Waals surface area contributed by atoms with Gasteiger partial charge in [0.25, 0.3) is 0 Å². The minimum absolute atomic E-state index is 0.0880. The Kier molecular flexibility index (Phi) is 3.76. The Morgan fingerprint density at radius 2 is 2.21 bits per heavy atom. The van der Waals surface area contributed by atoms with Crippen LogP contribution in [0.15, 0.2) is 45.1 Å². The Morgan fingerprint density at radius 3 is 2.89 bits per heavy atom. The van der Waals surface area contributed by atoms with Gasteiger partial charge >= 0.3 is 11.7 Å². The molecule has 100 valence electrons. The van der Waals surface area contributed by atoms with Crippen LogP contribution in [-0.4, -0.2) is 17.1 Å². The summed E-state index contributed by atoms with van der Waals surface area (Å²) in [4.78, 5) is 23.6. The number of hydrogen-bond acceptors (Lipinski definition) is 4. The molecule has 0 spiro atoms. The van der Waals surface area contributed by atoms with Crippen LogP contribution >= 0.6 is 11.6 Å². The summed E-state index contributed by atoms with van der Waals surface area (Å²) in [6.45, 7) is 4.89. The molecule has 6 heteroatoms.